The number of carbonyl (C=O) groups is 1. The summed E-state index contributed by atoms with van der Waals surface area (Å²) >= 11 is 12.0. The summed E-state index contributed by atoms with van der Waals surface area (Å²) in [6, 6.07) is 13.4. The van der Waals surface area contributed by atoms with Crippen molar-refractivity contribution in [2.75, 3.05) is 13.2 Å². The molecule has 0 spiro atoms. The average Bonchev–Trinajstić information content (AvgIpc) is 3.26. The highest BCUT2D eigenvalue weighted by atomic mass is 35.5. The van der Waals surface area contributed by atoms with E-state index in [9.17, 15) is 4.79 Å². The molecule has 1 aliphatic rings. The first-order chi connectivity index (χ1) is 15.8. The third kappa shape index (κ3) is 4.48. The van der Waals surface area contributed by atoms with E-state index < -0.39 is 0 Å². The van der Waals surface area contributed by atoms with Gasteiger partial charge in [-0.05, 0) is 81.4 Å². The summed E-state index contributed by atoms with van der Waals surface area (Å²) in [5.74, 6) is -0.312. The molecule has 33 heavy (non-hydrogen) atoms. The van der Waals surface area contributed by atoms with Gasteiger partial charge < -0.3 is 19.5 Å². The van der Waals surface area contributed by atoms with Crippen molar-refractivity contribution in [3.63, 3.8) is 0 Å². The highest BCUT2D eigenvalue weighted by Crippen LogP contribution is 2.41. The lowest BCUT2D eigenvalue weighted by molar-refractivity contribution is -0.143. The molecule has 1 aliphatic heterocycles. The topological polar surface area (TPSA) is 59.4 Å². The monoisotopic (exact) mass is 482 g/mol. The minimum absolute atomic E-state index is 0.0630. The molecule has 3 heterocycles. The molecule has 8 heteroatoms. The Balaban J connectivity index is 1.84. The fourth-order valence-electron chi connectivity index (χ4n) is 4.54. The molecular weight excluding hydrogens is 456 g/mol. The van der Waals surface area contributed by atoms with Gasteiger partial charge in [0.15, 0.2) is 5.11 Å². The summed E-state index contributed by atoms with van der Waals surface area (Å²) < 4.78 is 7.44. The third-order valence-corrected chi connectivity index (χ3v) is 6.59. The smallest absolute Gasteiger partial charge is 0.325 e. The molecule has 2 atom stereocenters. The molecule has 3 aromatic rings. The molecule has 4 rings (SSSR count). The Kier molecular flexibility index (Phi) is 6.72. The van der Waals surface area contributed by atoms with E-state index in [1.165, 1.54) is 0 Å². The molecule has 0 radical (unpaired) electrons. The minimum atomic E-state index is -0.312. The lowest BCUT2D eigenvalue weighted by Crippen LogP contribution is -2.35. The maximum absolute atomic E-state index is 12.4. The minimum Gasteiger partial charge on any atom is -0.465 e. The van der Waals surface area contributed by atoms with Gasteiger partial charge in [0.2, 0.25) is 0 Å². The zero-order chi connectivity index (χ0) is 23.7. The van der Waals surface area contributed by atoms with Crippen molar-refractivity contribution in [3.8, 4) is 5.69 Å². The highest BCUT2D eigenvalue weighted by Gasteiger charge is 2.42. The Morgan fingerprint density at radius 1 is 1.21 bits per heavy atom. The van der Waals surface area contributed by atoms with Crippen molar-refractivity contribution in [3.05, 3.63) is 81.9 Å². The predicted molar refractivity (Wildman–Crippen MR) is 134 cm³/mol. The first kappa shape index (κ1) is 23.3. The summed E-state index contributed by atoms with van der Waals surface area (Å²) in [7, 11) is 0. The molecule has 6 nitrogen and oxygen atoms in total. The number of rotatable bonds is 6. The number of hydrogen-bond donors (Lipinski definition) is 1. The number of thiocarbonyl (C=S) groups is 1. The zero-order valence-electron chi connectivity index (χ0n) is 19.1. The van der Waals surface area contributed by atoms with E-state index in [0.717, 1.165) is 33.9 Å². The lowest BCUT2D eigenvalue weighted by atomic mass is 9.96. The summed E-state index contributed by atoms with van der Waals surface area (Å²) in [6.45, 7) is 8.41. The zero-order valence-corrected chi connectivity index (χ0v) is 20.7. The molecular formula is C25H27ClN4O2S. The molecule has 172 valence electrons. The van der Waals surface area contributed by atoms with E-state index in [4.69, 9.17) is 28.6 Å². The van der Waals surface area contributed by atoms with Gasteiger partial charge in [-0.15, -0.1) is 0 Å². The van der Waals surface area contributed by atoms with Gasteiger partial charge in [-0.2, -0.15) is 0 Å². The Bertz CT molecular complexity index is 1190. The van der Waals surface area contributed by atoms with E-state index in [1.807, 2.05) is 41.3 Å². The molecule has 0 bridgehead atoms. The van der Waals surface area contributed by atoms with Gasteiger partial charge in [0, 0.05) is 28.3 Å². The number of aryl methyl sites for hydroxylation is 2. The van der Waals surface area contributed by atoms with Crippen LogP contribution in [0.2, 0.25) is 5.02 Å². The molecule has 1 N–H and O–H groups in total. The Hall–Kier alpha value is -2.90. The van der Waals surface area contributed by atoms with Crippen molar-refractivity contribution in [1.82, 2.24) is 19.8 Å². The number of pyridine rings is 1. The van der Waals surface area contributed by atoms with Gasteiger partial charge in [0.05, 0.1) is 24.4 Å². The number of esters is 1. The van der Waals surface area contributed by atoms with Crippen molar-refractivity contribution in [2.45, 2.75) is 39.8 Å². The van der Waals surface area contributed by atoms with Gasteiger partial charge in [0.1, 0.15) is 6.54 Å². The van der Waals surface area contributed by atoms with E-state index in [0.29, 0.717) is 16.7 Å². The van der Waals surface area contributed by atoms with Crippen molar-refractivity contribution >= 4 is 34.9 Å². The molecule has 2 aromatic heterocycles. The second-order valence-corrected chi connectivity index (χ2v) is 8.98. The van der Waals surface area contributed by atoms with Crippen LogP contribution in [-0.2, 0) is 9.53 Å². The first-order valence-corrected chi connectivity index (χ1v) is 11.7. The lowest BCUT2D eigenvalue weighted by Gasteiger charge is -2.27. The van der Waals surface area contributed by atoms with Crippen LogP contribution in [0.4, 0.5) is 0 Å². The highest BCUT2D eigenvalue weighted by molar-refractivity contribution is 7.80. The van der Waals surface area contributed by atoms with E-state index in [-0.39, 0.29) is 24.6 Å². The van der Waals surface area contributed by atoms with Crippen LogP contribution in [0.25, 0.3) is 5.69 Å². The van der Waals surface area contributed by atoms with E-state index in [1.54, 1.807) is 13.1 Å². The number of halogens is 1. The summed E-state index contributed by atoms with van der Waals surface area (Å²) in [5.41, 5.74) is 6.21. The standard InChI is InChI=1S/C25H27ClN4O2S/c1-5-32-22(31)14-29-24(23(28-25(29)33)20-8-6-7-11-27-20)19-12-16(3)30(17(19)4)21-13-18(26)10-9-15(21)2/h6-13,23-24H,5,14H2,1-4H3,(H,28,33)/t23-,24-/m1/s1. The summed E-state index contributed by atoms with van der Waals surface area (Å²) in [6.07, 6.45) is 1.77. The quantitative estimate of drug-likeness (QED) is 0.394. The van der Waals surface area contributed by atoms with Crippen LogP contribution in [-0.4, -0.2) is 38.7 Å². The van der Waals surface area contributed by atoms with Crippen LogP contribution in [0.5, 0.6) is 0 Å². The van der Waals surface area contributed by atoms with Crippen LogP contribution < -0.4 is 5.32 Å². The van der Waals surface area contributed by atoms with Gasteiger partial charge >= 0.3 is 5.97 Å². The SMILES string of the molecule is CCOC(=O)CN1C(=S)N[C@H](c2ccccn2)[C@H]1c1cc(C)n(-c2cc(Cl)ccc2C)c1C. The van der Waals surface area contributed by atoms with Gasteiger partial charge in [0.25, 0.3) is 0 Å². The van der Waals surface area contributed by atoms with E-state index >= 15 is 0 Å². The van der Waals surface area contributed by atoms with Crippen molar-refractivity contribution in [2.24, 2.45) is 0 Å². The summed E-state index contributed by atoms with van der Waals surface area (Å²) in [4.78, 5) is 18.9. The van der Waals surface area contributed by atoms with Crippen LogP contribution >= 0.6 is 23.8 Å². The van der Waals surface area contributed by atoms with Gasteiger partial charge in [-0.25, -0.2) is 0 Å². The number of ether oxygens (including phenoxy) is 1. The molecule has 0 saturated carbocycles. The van der Waals surface area contributed by atoms with Gasteiger partial charge in [-0.1, -0.05) is 23.7 Å². The Morgan fingerprint density at radius 2 is 2.00 bits per heavy atom. The fourth-order valence-corrected chi connectivity index (χ4v) is 5.01. The van der Waals surface area contributed by atoms with Gasteiger partial charge in [-0.3, -0.25) is 9.78 Å². The van der Waals surface area contributed by atoms with Crippen LogP contribution in [0.3, 0.4) is 0 Å². The average molecular weight is 483 g/mol. The molecule has 1 saturated heterocycles. The number of benzene rings is 1. The Labute approximate surface area is 204 Å². The molecule has 0 aliphatic carbocycles. The maximum atomic E-state index is 12.4. The van der Waals surface area contributed by atoms with Crippen molar-refractivity contribution in [1.29, 1.82) is 0 Å². The number of carbonyl (C=O) groups excluding carboxylic acids is 1. The van der Waals surface area contributed by atoms with Crippen LogP contribution in [0, 0.1) is 20.8 Å². The number of nitrogens with zero attached hydrogens (tertiary/aromatic N) is 3. The molecule has 1 aromatic carbocycles. The van der Waals surface area contributed by atoms with Crippen molar-refractivity contribution < 1.29 is 9.53 Å². The second kappa shape index (κ2) is 9.53. The molecule has 1 fully saturated rings. The Morgan fingerprint density at radius 3 is 2.70 bits per heavy atom. The number of hydrogen-bond acceptors (Lipinski definition) is 4. The number of aromatic nitrogens is 2. The third-order valence-electron chi connectivity index (χ3n) is 6.00. The number of nitrogens with one attached hydrogen (secondary N) is 1. The summed E-state index contributed by atoms with van der Waals surface area (Å²) in [5, 5.41) is 4.58. The molecule has 0 unspecified atom stereocenters. The predicted octanol–water partition coefficient (Wildman–Crippen LogP) is 4.99. The van der Waals surface area contributed by atoms with E-state index in [2.05, 4.69) is 41.7 Å². The fraction of sp³-hybridized carbons (Fsp3) is 0.320. The molecule has 0 amide bonds. The normalized spacial score (nSPS) is 17.8. The second-order valence-electron chi connectivity index (χ2n) is 8.15. The largest absolute Gasteiger partial charge is 0.465 e. The first-order valence-electron chi connectivity index (χ1n) is 10.9. The van der Waals surface area contributed by atoms with Crippen LogP contribution in [0.1, 0.15) is 47.2 Å². The van der Waals surface area contributed by atoms with Crippen LogP contribution in [0.15, 0.2) is 48.7 Å². The maximum Gasteiger partial charge on any atom is 0.325 e.